The molecule has 0 aliphatic heterocycles. The topological polar surface area (TPSA) is 78.9 Å². The summed E-state index contributed by atoms with van der Waals surface area (Å²) in [7, 11) is 0. The van der Waals surface area contributed by atoms with Crippen LogP contribution in [0.2, 0.25) is 0 Å². The first-order valence-corrected chi connectivity index (χ1v) is 25.6. The fourth-order valence-electron chi connectivity index (χ4n) is 7.16. The molecule has 0 aromatic heterocycles. The van der Waals surface area contributed by atoms with E-state index in [-0.39, 0.29) is 31.1 Å². The Balaban J connectivity index is 4.37. The first-order chi connectivity index (χ1) is 29.5. The van der Waals surface area contributed by atoms with E-state index >= 15 is 0 Å². The van der Waals surface area contributed by atoms with Crippen LogP contribution in [0.3, 0.4) is 0 Å². The van der Waals surface area contributed by atoms with Crippen LogP contribution in [0.5, 0.6) is 0 Å². The molecule has 0 aromatic carbocycles. The van der Waals surface area contributed by atoms with Crippen molar-refractivity contribution < 1.29 is 28.6 Å². The maximum absolute atomic E-state index is 12.8. The first kappa shape index (κ1) is 57.4. The number of rotatable bonds is 46. The molecule has 0 aliphatic carbocycles. The molecule has 1 atom stereocenters. The van der Waals surface area contributed by atoms with Crippen LogP contribution in [0.15, 0.2) is 48.6 Å². The molecule has 0 N–H and O–H groups in total. The molecule has 0 aromatic rings. The van der Waals surface area contributed by atoms with Crippen molar-refractivity contribution in [3.8, 4) is 0 Å². The minimum atomic E-state index is -0.780. The van der Waals surface area contributed by atoms with Crippen molar-refractivity contribution in [2.24, 2.45) is 0 Å². The van der Waals surface area contributed by atoms with Crippen molar-refractivity contribution in [3.05, 3.63) is 48.6 Å². The standard InChI is InChI=1S/C54H96O6/c1-4-7-10-13-16-19-22-25-26-27-28-30-32-35-38-41-44-47-53(56)59-50-51(49-58-52(55)46-43-40-37-34-31-24-21-18-15-12-9-6-3)60-54(57)48-45-42-39-36-33-29-23-20-17-14-11-8-5-2/h11,14,16,19-20,23,25-26,51H,4-10,12-13,15,17-18,21-22,24,27-50H2,1-3H3/b14-11-,19-16-,23-20-,26-25-. The molecular formula is C54H96O6. The highest BCUT2D eigenvalue weighted by Gasteiger charge is 2.19. The highest BCUT2D eigenvalue weighted by Crippen LogP contribution is 2.15. The molecule has 348 valence electrons. The van der Waals surface area contributed by atoms with Crippen LogP contribution in [-0.4, -0.2) is 37.2 Å². The molecule has 0 radical (unpaired) electrons. The largest absolute Gasteiger partial charge is 0.462 e. The normalized spacial score (nSPS) is 12.4. The van der Waals surface area contributed by atoms with Gasteiger partial charge in [0.2, 0.25) is 0 Å². The zero-order valence-corrected chi connectivity index (χ0v) is 39.7. The van der Waals surface area contributed by atoms with Gasteiger partial charge in [-0.15, -0.1) is 0 Å². The number of carbonyl (C=O) groups excluding carboxylic acids is 3. The van der Waals surface area contributed by atoms with E-state index in [9.17, 15) is 14.4 Å². The number of hydrogen-bond donors (Lipinski definition) is 0. The third-order valence-electron chi connectivity index (χ3n) is 11.0. The van der Waals surface area contributed by atoms with Gasteiger partial charge in [0, 0.05) is 19.3 Å². The molecule has 6 heteroatoms. The second-order valence-corrected chi connectivity index (χ2v) is 17.1. The van der Waals surface area contributed by atoms with E-state index in [0.29, 0.717) is 19.3 Å². The van der Waals surface area contributed by atoms with E-state index in [2.05, 4.69) is 69.4 Å². The molecule has 0 saturated heterocycles. The Labute approximate surface area is 371 Å². The Bertz CT molecular complexity index is 1060. The quantitative estimate of drug-likeness (QED) is 0.0263. The van der Waals surface area contributed by atoms with Gasteiger partial charge in [-0.25, -0.2) is 0 Å². The molecule has 0 rings (SSSR count). The zero-order chi connectivity index (χ0) is 43.7. The van der Waals surface area contributed by atoms with Gasteiger partial charge in [0.1, 0.15) is 13.2 Å². The Hall–Kier alpha value is -2.63. The summed E-state index contributed by atoms with van der Waals surface area (Å²) >= 11 is 0. The van der Waals surface area contributed by atoms with Crippen molar-refractivity contribution >= 4 is 17.9 Å². The van der Waals surface area contributed by atoms with Gasteiger partial charge in [0.25, 0.3) is 0 Å². The Morgan fingerprint density at radius 1 is 0.333 bits per heavy atom. The third kappa shape index (κ3) is 46.4. The van der Waals surface area contributed by atoms with E-state index < -0.39 is 6.10 Å². The van der Waals surface area contributed by atoms with Gasteiger partial charge < -0.3 is 14.2 Å². The van der Waals surface area contributed by atoms with Gasteiger partial charge in [-0.2, -0.15) is 0 Å². The monoisotopic (exact) mass is 841 g/mol. The summed E-state index contributed by atoms with van der Waals surface area (Å²) in [6.45, 7) is 6.54. The molecule has 0 spiro atoms. The minimum absolute atomic E-state index is 0.0794. The summed E-state index contributed by atoms with van der Waals surface area (Å²) in [5.41, 5.74) is 0. The van der Waals surface area contributed by atoms with Gasteiger partial charge >= 0.3 is 17.9 Å². The van der Waals surface area contributed by atoms with E-state index in [1.54, 1.807) is 0 Å². The van der Waals surface area contributed by atoms with Crippen molar-refractivity contribution in [1.29, 1.82) is 0 Å². The molecule has 0 heterocycles. The molecule has 1 unspecified atom stereocenters. The van der Waals surface area contributed by atoms with Gasteiger partial charge in [-0.05, 0) is 77.0 Å². The van der Waals surface area contributed by atoms with Crippen LogP contribution in [0.25, 0.3) is 0 Å². The van der Waals surface area contributed by atoms with Crippen LogP contribution in [0.4, 0.5) is 0 Å². The zero-order valence-electron chi connectivity index (χ0n) is 39.7. The molecule has 0 amide bonds. The van der Waals surface area contributed by atoms with Crippen LogP contribution in [-0.2, 0) is 28.6 Å². The van der Waals surface area contributed by atoms with Crippen LogP contribution >= 0.6 is 0 Å². The van der Waals surface area contributed by atoms with Crippen molar-refractivity contribution in [2.75, 3.05) is 13.2 Å². The lowest BCUT2D eigenvalue weighted by Gasteiger charge is -2.18. The van der Waals surface area contributed by atoms with Crippen LogP contribution in [0.1, 0.15) is 258 Å². The van der Waals surface area contributed by atoms with Gasteiger partial charge in [-0.1, -0.05) is 211 Å². The number of allylic oxidation sites excluding steroid dienone is 8. The van der Waals surface area contributed by atoms with Crippen molar-refractivity contribution in [3.63, 3.8) is 0 Å². The number of esters is 3. The Kier molecular flexibility index (Phi) is 46.9. The average Bonchev–Trinajstić information content (AvgIpc) is 3.24. The minimum Gasteiger partial charge on any atom is -0.462 e. The highest BCUT2D eigenvalue weighted by atomic mass is 16.6. The molecule has 60 heavy (non-hydrogen) atoms. The summed E-state index contributed by atoms with van der Waals surface area (Å²) in [6, 6.07) is 0. The fourth-order valence-corrected chi connectivity index (χ4v) is 7.16. The van der Waals surface area contributed by atoms with Gasteiger partial charge in [-0.3, -0.25) is 14.4 Å². The number of ether oxygens (including phenoxy) is 3. The molecule has 0 saturated carbocycles. The molecule has 6 nitrogen and oxygen atoms in total. The summed E-state index contributed by atoms with van der Waals surface area (Å²) < 4.78 is 16.8. The first-order valence-electron chi connectivity index (χ1n) is 25.6. The summed E-state index contributed by atoms with van der Waals surface area (Å²) in [4.78, 5) is 37.9. The summed E-state index contributed by atoms with van der Waals surface area (Å²) in [5.74, 6) is -0.896. The molecular weight excluding hydrogens is 745 g/mol. The van der Waals surface area contributed by atoms with Gasteiger partial charge in [0.05, 0.1) is 0 Å². The molecule has 0 bridgehead atoms. The van der Waals surface area contributed by atoms with Crippen LogP contribution < -0.4 is 0 Å². The van der Waals surface area contributed by atoms with E-state index in [1.807, 2.05) is 0 Å². The lowest BCUT2D eigenvalue weighted by atomic mass is 10.0. The average molecular weight is 841 g/mol. The van der Waals surface area contributed by atoms with E-state index in [1.165, 1.54) is 116 Å². The lowest BCUT2D eigenvalue weighted by Crippen LogP contribution is -2.30. The van der Waals surface area contributed by atoms with Crippen molar-refractivity contribution in [2.45, 2.75) is 264 Å². The smallest absolute Gasteiger partial charge is 0.306 e. The third-order valence-corrected chi connectivity index (χ3v) is 11.0. The maximum Gasteiger partial charge on any atom is 0.306 e. The maximum atomic E-state index is 12.8. The summed E-state index contributed by atoms with van der Waals surface area (Å²) in [6.07, 6.45) is 58.0. The number of carbonyl (C=O) groups is 3. The van der Waals surface area contributed by atoms with Gasteiger partial charge in [0.15, 0.2) is 6.10 Å². The fraction of sp³-hybridized carbons (Fsp3) is 0.796. The van der Waals surface area contributed by atoms with E-state index in [0.717, 1.165) is 103 Å². The lowest BCUT2D eigenvalue weighted by molar-refractivity contribution is -0.167. The molecule has 0 aliphatic rings. The Morgan fingerprint density at radius 2 is 0.633 bits per heavy atom. The Morgan fingerprint density at radius 3 is 1.02 bits per heavy atom. The highest BCUT2D eigenvalue weighted by molar-refractivity contribution is 5.71. The van der Waals surface area contributed by atoms with Crippen molar-refractivity contribution in [1.82, 2.24) is 0 Å². The summed E-state index contributed by atoms with van der Waals surface area (Å²) in [5, 5.41) is 0. The second-order valence-electron chi connectivity index (χ2n) is 17.1. The van der Waals surface area contributed by atoms with Crippen LogP contribution in [0, 0.1) is 0 Å². The number of unbranched alkanes of at least 4 members (excludes halogenated alkanes) is 27. The molecule has 0 fully saturated rings. The SMILES string of the molecule is CCC/C=C\C/C=C\CCCCCCCC(=O)OC(COC(=O)CCCCCCCCC/C=C\C/C=C\CCCCC)COC(=O)CCCCCCCCCCCCCC. The van der Waals surface area contributed by atoms with E-state index in [4.69, 9.17) is 14.2 Å². The second kappa shape index (κ2) is 49.0. The number of hydrogen-bond acceptors (Lipinski definition) is 6. The predicted molar refractivity (Wildman–Crippen MR) is 256 cm³/mol. The predicted octanol–water partition coefficient (Wildman–Crippen LogP) is 16.7.